The quantitative estimate of drug-likeness (QED) is 0.814. The first-order valence-corrected chi connectivity index (χ1v) is 10.7. The number of piperidine rings is 1. The van der Waals surface area contributed by atoms with E-state index in [1.54, 1.807) is 0 Å². The fourth-order valence-corrected chi connectivity index (χ4v) is 4.33. The van der Waals surface area contributed by atoms with Crippen LogP contribution < -0.4 is 10.2 Å². The van der Waals surface area contributed by atoms with Crippen molar-refractivity contribution in [2.45, 2.75) is 38.8 Å². The molecular weight excluding hydrogens is 352 g/mol. The molecule has 1 N–H and O–H groups in total. The van der Waals surface area contributed by atoms with Crippen molar-refractivity contribution in [1.29, 1.82) is 0 Å². The maximum absolute atomic E-state index is 12.7. The van der Waals surface area contributed by atoms with Crippen molar-refractivity contribution in [2.24, 2.45) is 5.92 Å². The van der Waals surface area contributed by atoms with Crippen molar-refractivity contribution < 1.29 is 9.53 Å². The summed E-state index contributed by atoms with van der Waals surface area (Å²) in [6, 6.07) is 11.4. The Bertz CT molecular complexity index is 596. The molecule has 1 atom stereocenters. The Hall–Kier alpha value is -1.79. The molecule has 6 heteroatoms. The van der Waals surface area contributed by atoms with Gasteiger partial charge >= 0.3 is 6.03 Å². The third-order valence-corrected chi connectivity index (χ3v) is 6.21. The van der Waals surface area contributed by atoms with Gasteiger partial charge in [0, 0.05) is 57.5 Å². The van der Waals surface area contributed by atoms with Crippen molar-refractivity contribution in [3.8, 4) is 0 Å². The smallest absolute Gasteiger partial charge is 0.317 e. The van der Waals surface area contributed by atoms with Gasteiger partial charge in [0.2, 0.25) is 0 Å². The summed E-state index contributed by atoms with van der Waals surface area (Å²) < 4.78 is 5.47. The van der Waals surface area contributed by atoms with Crippen LogP contribution in [0.3, 0.4) is 0 Å². The summed E-state index contributed by atoms with van der Waals surface area (Å²) in [5.41, 5.74) is 1.25. The van der Waals surface area contributed by atoms with Crippen LogP contribution in [-0.4, -0.2) is 80.9 Å². The molecule has 3 rings (SSSR count). The third kappa shape index (κ3) is 5.39. The molecule has 2 amide bonds. The summed E-state index contributed by atoms with van der Waals surface area (Å²) >= 11 is 0. The Morgan fingerprint density at radius 3 is 2.39 bits per heavy atom. The SMILES string of the molecule is CC(C)C(CNC(=O)N1CCC(N(C)c2ccccc2)CC1)N1CCOCC1. The van der Waals surface area contributed by atoms with Crippen molar-refractivity contribution in [2.75, 3.05) is 57.9 Å². The molecule has 1 unspecified atom stereocenters. The van der Waals surface area contributed by atoms with Gasteiger partial charge in [-0.05, 0) is 30.9 Å². The van der Waals surface area contributed by atoms with Gasteiger partial charge in [0.15, 0.2) is 0 Å². The van der Waals surface area contributed by atoms with Crippen molar-refractivity contribution >= 4 is 11.7 Å². The van der Waals surface area contributed by atoms with Crippen LogP contribution in [0.5, 0.6) is 0 Å². The normalized spacial score (nSPS) is 20.2. The first-order valence-electron chi connectivity index (χ1n) is 10.7. The highest BCUT2D eigenvalue weighted by Crippen LogP contribution is 2.22. The number of nitrogens with one attached hydrogen (secondary N) is 1. The number of benzene rings is 1. The summed E-state index contributed by atoms with van der Waals surface area (Å²) in [4.78, 5) is 19.5. The first-order chi connectivity index (χ1) is 13.6. The Balaban J connectivity index is 1.45. The maximum Gasteiger partial charge on any atom is 0.317 e. The predicted octanol–water partition coefficient (Wildman–Crippen LogP) is 2.65. The van der Waals surface area contributed by atoms with E-state index in [2.05, 4.69) is 60.3 Å². The highest BCUT2D eigenvalue weighted by molar-refractivity contribution is 5.74. The lowest BCUT2D eigenvalue weighted by molar-refractivity contribution is 0.00689. The monoisotopic (exact) mass is 388 g/mol. The number of anilines is 1. The van der Waals surface area contributed by atoms with Crippen molar-refractivity contribution in [1.82, 2.24) is 15.1 Å². The van der Waals surface area contributed by atoms with Gasteiger partial charge in [-0.2, -0.15) is 0 Å². The molecule has 156 valence electrons. The van der Waals surface area contributed by atoms with E-state index in [4.69, 9.17) is 4.74 Å². The molecule has 28 heavy (non-hydrogen) atoms. The lowest BCUT2D eigenvalue weighted by Gasteiger charge is -2.39. The van der Waals surface area contributed by atoms with Crippen LogP contribution in [0.2, 0.25) is 0 Å². The van der Waals surface area contributed by atoms with Crippen LogP contribution in [0.15, 0.2) is 30.3 Å². The Labute approximate surface area is 169 Å². The molecule has 1 aromatic rings. The van der Waals surface area contributed by atoms with E-state index in [9.17, 15) is 4.79 Å². The van der Waals surface area contributed by atoms with Crippen molar-refractivity contribution in [3.63, 3.8) is 0 Å². The summed E-state index contributed by atoms with van der Waals surface area (Å²) in [6.07, 6.45) is 2.02. The van der Waals surface area contributed by atoms with Gasteiger partial charge in [0.05, 0.1) is 13.2 Å². The van der Waals surface area contributed by atoms with Gasteiger partial charge in [0.1, 0.15) is 0 Å². The van der Waals surface area contributed by atoms with Gasteiger partial charge < -0.3 is 19.9 Å². The second-order valence-electron chi connectivity index (χ2n) is 8.31. The van der Waals surface area contributed by atoms with Crippen LogP contribution in [0.1, 0.15) is 26.7 Å². The summed E-state index contributed by atoms with van der Waals surface area (Å²) in [5.74, 6) is 0.503. The number of morpholine rings is 1. The largest absolute Gasteiger partial charge is 0.379 e. The third-order valence-electron chi connectivity index (χ3n) is 6.21. The number of carbonyl (C=O) groups is 1. The van der Waals surface area contributed by atoms with Crippen LogP contribution in [0.25, 0.3) is 0 Å². The van der Waals surface area contributed by atoms with Gasteiger partial charge in [-0.1, -0.05) is 32.0 Å². The topological polar surface area (TPSA) is 48.1 Å². The van der Waals surface area contributed by atoms with E-state index in [1.807, 2.05) is 11.0 Å². The summed E-state index contributed by atoms with van der Waals surface area (Å²) in [6.45, 7) is 10.3. The number of amides is 2. The minimum atomic E-state index is 0.0831. The highest BCUT2D eigenvalue weighted by atomic mass is 16.5. The Morgan fingerprint density at radius 1 is 1.14 bits per heavy atom. The maximum atomic E-state index is 12.7. The molecule has 2 saturated heterocycles. The summed E-state index contributed by atoms with van der Waals surface area (Å²) in [5, 5.41) is 3.20. The number of para-hydroxylation sites is 1. The zero-order valence-electron chi connectivity index (χ0n) is 17.6. The number of hydrogen-bond acceptors (Lipinski definition) is 4. The van der Waals surface area contributed by atoms with Crippen molar-refractivity contribution in [3.05, 3.63) is 30.3 Å². The van der Waals surface area contributed by atoms with Crippen LogP contribution in [0, 0.1) is 5.92 Å². The standard InChI is InChI=1S/C22H36N4O2/c1-18(2)21(25-13-15-28-16-14-25)17-23-22(27)26-11-9-20(10-12-26)24(3)19-7-5-4-6-8-19/h4-8,18,20-21H,9-17H2,1-3H3,(H,23,27). The number of rotatable bonds is 6. The molecule has 0 spiro atoms. The number of likely N-dealkylation sites (tertiary alicyclic amines) is 1. The second kappa shape index (κ2) is 10.1. The minimum absolute atomic E-state index is 0.0831. The number of urea groups is 1. The Morgan fingerprint density at radius 2 is 1.79 bits per heavy atom. The number of nitrogens with zero attached hydrogens (tertiary/aromatic N) is 3. The second-order valence-corrected chi connectivity index (χ2v) is 8.31. The fourth-order valence-electron chi connectivity index (χ4n) is 4.33. The molecule has 2 fully saturated rings. The van der Waals surface area contributed by atoms with E-state index >= 15 is 0 Å². The van der Waals surface area contributed by atoms with Gasteiger partial charge in [-0.15, -0.1) is 0 Å². The number of carbonyl (C=O) groups excluding carboxylic acids is 1. The van der Waals surface area contributed by atoms with Gasteiger partial charge in [-0.3, -0.25) is 4.90 Å². The van der Waals surface area contributed by atoms with Crippen LogP contribution >= 0.6 is 0 Å². The lowest BCUT2D eigenvalue weighted by Crippen LogP contribution is -2.54. The Kier molecular flexibility index (Phi) is 7.57. The minimum Gasteiger partial charge on any atom is -0.379 e. The molecular formula is C22H36N4O2. The average molecular weight is 389 g/mol. The molecule has 1 aromatic carbocycles. The predicted molar refractivity (Wildman–Crippen MR) is 114 cm³/mol. The van der Waals surface area contributed by atoms with Gasteiger partial charge in [0.25, 0.3) is 0 Å². The number of hydrogen-bond donors (Lipinski definition) is 1. The zero-order chi connectivity index (χ0) is 19.9. The van der Waals surface area contributed by atoms with E-state index in [0.717, 1.165) is 52.2 Å². The molecule has 2 heterocycles. The summed E-state index contributed by atoms with van der Waals surface area (Å²) in [7, 11) is 2.16. The molecule has 0 bridgehead atoms. The van der Waals surface area contributed by atoms with E-state index < -0.39 is 0 Å². The number of ether oxygens (including phenoxy) is 1. The molecule has 0 aliphatic carbocycles. The van der Waals surface area contributed by atoms with Crippen LogP contribution in [-0.2, 0) is 4.74 Å². The van der Waals surface area contributed by atoms with Crippen LogP contribution in [0.4, 0.5) is 10.5 Å². The molecule has 0 radical (unpaired) electrons. The molecule has 2 aliphatic heterocycles. The van der Waals surface area contributed by atoms with E-state index in [0.29, 0.717) is 24.5 Å². The average Bonchev–Trinajstić information content (AvgIpc) is 2.74. The lowest BCUT2D eigenvalue weighted by atomic mass is 10.0. The molecule has 2 aliphatic rings. The first kappa shape index (κ1) is 20.9. The van der Waals surface area contributed by atoms with Gasteiger partial charge in [-0.25, -0.2) is 4.79 Å². The molecule has 0 aromatic heterocycles. The molecule has 0 saturated carbocycles. The van der Waals surface area contributed by atoms with E-state index in [1.165, 1.54) is 5.69 Å². The van der Waals surface area contributed by atoms with E-state index in [-0.39, 0.29) is 6.03 Å². The highest BCUT2D eigenvalue weighted by Gasteiger charge is 2.28. The zero-order valence-corrected chi connectivity index (χ0v) is 17.6. The molecule has 6 nitrogen and oxygen atoms in total. The fraction of sp³-hybridized carbons (Fsp3) is 0.682.